The Balaban J connectivity index is 1.15. The van der Waals surface area contributed by atoms with Crippen LogP contribution in [0.3, 0.4) is 0 Å². The zero-order chi connectivity index (χ0) is 86.7. The van der Waals surface area contributed by atoms with Crippen LogP contribution in [0.2, 0.25) is 0 Å². The van der Waals surface area contributed by atoms with Gasteiger partial charge in [0.2, 0.25) is 9.70 Å². The number of carbonyl (C=O) groups excluding carboxylic acids is 4. The zero-order valence-corrected chi connectivity index (χ0v) is 75.5. The number of phosphoric ester groups is 1. The molecule has 0 radical (unpaired) electrons. The summed E-state index contributed by atoms with van der Waals surface area (Å²) < 4.78 is 104. The number of esters is 2. The maximum absolute atomic E-state index is 15.5. The van der Waals surface area contributed by atoms with E-state index in [2.05, 4.69) is 38.0 Å². The van der Waals surface area contributed by atoms with Gasteiger partial charge in [0.1, 0.15) is 43.1 Å². The molecule has 2 saturated heterocycles. The molecular formula is C96H138Cl3N2O20P. The predicted molar refractivity (Wildman–Crippen MR) is 475 cm³/mol. The largest absolute Gasteiger partial charge is 0.475 e. The molecule has 2 amide bonds. The average Bonchev–Trinajstić information content (AvgIpc) is 0.831. The molecule has 0 aliphatic carbocycles. The lowest BCUT2D eigenvalue weighted by Crippen LogP contribution is -2.68. The predicted octanol–water partition coefficient (Wildman–Crippen LogP) is 21.9. The minimum Gasteiger partial charge on any atom is -0.457 e. The number of benzene rings is 5. The maximum atomic E-state index is 15.5. The van der Waals surface area contributed by atoms with Crippen LogP contribution in [0.5, 0.6) is 0 Å². The Hall–Kier alpha value is -5.86. The molecule has 122 heavy (non-hydrogen) atoms. The number of unbranched alkanes of at least 4 members (excludes halogenated alkanes) is 24. The van der Waals surface area contributed by atoms with E-state index in [1.807, 2.05) is 133 Å². The number of aliphatic hydroxyl groups excluding tert-OH is 1. The number of halogens is 3. The van der Waals surface area contributed by atoms with Gasteiger partial charge in [-0.1, -0.05) is 381 Å². The van der Waals surface area contributed by atoms with Crippen LogP contribution < -0.4 is 10.6 Å². The Morgan fingerprint density at radius 2 is 0.852 bits per heavy atom. The van der Waals surface area contributed by atoms with Crippen molar-refractivity contribution in [2.75, 3.05) is 26.4 Å². The SMILES string of the molecule is C=CCO[C@H]1O[C@H](CO[13C@@H]2O[C@H](COCc3ccccc3)[C@@H](OP3(=O)OCc4ccccc4CO3)[C@H](OC(=O)C[C@@H](CCCCCCCCCCC)OCc3ccccc3)[C@H]2NC(=O)OCC(Cl)(Cl)Cl)[C@@H](O)[C@H](OC(=O)C[C@@H](CCCCCCCCCCC)OCc2ccccc2)[C@H]1NC(=O)C[C@@H](CCCCCCCCCCC)OCc1ccccc1. The van der Waals surface area contributed by atoms with Crippen LogP contribution in [0, 0.1) is 0 Å². The topological polar surface area (TPSA) is 259 Å². The maximum Gasteiger partial charge on any atom is 0.475 e. The van der Waals surface area contributed by atoms with Crippen LogP contribution in [0.4, 0.5) is 4.79 Å². The molecule has 0 bridgehead atoms. The van der Waals surface area contributed by atoms with E-state index < -0.39 is 128 Å². The Morgan fingerprint density at radius 1 is 0.475 bits per heavy atom. The first-order valence-corrected chi connectivity index (χ1v) is 47.7. The van der Waals surface area contributed by atoms with Gasteiger partial charge in [-0.15, -0.1) is 6.58 Å². The zero-order valence-electron chi connectivity index (χ0n) is 72.3. The van der Waals surface area contributed by atoms with Crippen molar-refractivity contribution in [2.45, 2.75) is 356 Å². The van der Waals surface area contributed by atoms with Crippen molar-refractivity contribution in [2.24, 2.45) is 0 Å². The molecule has 3 aliphatic rings. The molecule has 13 atom stereocenters. The molecule has 678 valence electrons. The second-order valence-electron chi connectivity index (χ2n) is 32.4. The quantitative estimate of drug-likeness (QED) is 0.00621. The fourth-order valence-electron chi connectivity index (χ4n) is 15.4. The Labute approximate surface area is 741 Å². The van der Waals surface area contributed by atoms with Crippen LogP contribution in [-0.4, -0.2) is 139 Å². The molecule has 0 aromatic heterocycles. The third-order valence-corrected chi connectivity index (χ3v) is 24.0. The number of ether oxygens (including phenoxy) is 11. The second-order valence-corrected chi connectivity index (χ2v) is 36.6. The number of hydrogen-bond donors (Lipinski definition) is 3. The van der Waals surface area contributed by atoms with Crippen molar-refractivity contribution >= 4 is 66.6 Å². The molecule has 0 saturated carbocycles. The Kier molecular flexibility index (Phi) is 49.3. The number of rotatable bonds is 62. The van der Waals surface area contributed by atoms with Gasteiger partial charge in [-0.3, -0.25) is 28.0 Å². The molecule has 3 heterocycles. The molecule has 26 heteroatoms. The lowest BCUT2D eigenvalue weighted by molar-refractivity contribution is -0.304. The molecule has 0 unspecified atom stereocenters. The first-order valence-electron chi connectivity index (χ1n) is 45.2. The standard InChI is InChI=1S/C96H138Cl3N2O20P/c1-5-9-12-15-18-21-24-27-42-57-79(110-65-74-49-36-31-37-50-74)61-84(102)100-87-91(119-85(103)62-80(111-66-75-51-38-32-39-52-75)58-43-28-25-22-19-16-13-10-6-2)89(105)82(117-93(87)109-60-8-4)71-113-94-88(101-95(106)114-72-96(97,98)99)92(120-86(104)63-81(112-67-76-53-40-33-41-54-76)59-44-29-26-23-20-17-14-11-7-3)90(83(118-94)70-108-64-73-47-34-30-35-48-73)121-122(107)115-68-77-55-45-46-56-78(77)69-116-122/h8,30-41,45-56,79-83,87-94,105H,4-7,9-29,42-44,57-72H2,1-3H3,(H,100,102)(H,101,106)/t79-,80-,81-,82-,83-,87-,88-,89-,90-,91-,92-,93+,94-/m1/s1/i94+1. The van der Waals surface area contributed by atoms with Crippen molar-refractivity contribution in [1.29, 1.82) is 0 Å². The van der Waals surface area contributed by atoms with Gasteiger partial charge in [0.15, 0.2) is 24.8 Å². The summed E-state index contributed by atoms with van der Waals surface area (Å²) in [6.07, 6.45) is 15.4. The summed E-state index contributed by atoms with van der Waals surface area (Å²) in [4.78, 5) is 60.2. The van der Waals surface area contributed by atoms with E-state index in [1.54, 1.807) is 12.1 Å². The molecule has 8 rings (SSSR count). The summed E-state index contributed by atoms with van der Waals surface area (Å²) in [5, 5.41) is 19.1. The molecule has 3 aliphatic heterocycles. The lowest BCUT2D eigenvalue weighted by Gasteiger charge is -2.47. The summed E-state index contributed by atoms with van der Waals surface area (Å²) >= 11 is 18.7. The number of amides is 2. The first kappa shape index (κ1) is 102. The molecule has 2 fully saturated rings. The number of alkyl carbamates (subject to hydrolysis) is 1. The number of aliphatic hydroxyl groups is 1. The third kappa shape index (κ3) is 40.0. The fraction of sp³-hybridized carbons (Fsp3) is 0.625. The Morgan fingerprint density at radius 3 is 1.28 bits per heavy atom. The van der Waals surface area contributed by atoms with Gasteiger partial charge in [-0.05, 0) is 52.6 Å². The van der Waals surface area contributed by atoms with Crippen molar-refractivity contribution in [1.82, 2.24) is 10.6 Å². The van der Waals surface area contributed by atoms with E-state index in [0.717, 1.165) is 119 Å². The number of hydrogen-bond acceptors (Lipinski definition) is 20. The first-order chi connectivity index (χ1) is 59.4. The van der Waals surface area contributed by atoms with Gasteiger partial charge in [0.05, 0.1) is 97.0 Å². The summed E-state index contributed by atoms with van der Waals surface area (Å²) in [5.74, 6) is -2.07. The fourth-order valence-corrected chi connectivity index (χ4v) is 16.9. The highest BCUT2D eigenvalue weighted by molar-refractivity contribution is 7.48. The average molecular weight is 1780 g/mol. The van der Waals surface area contributed by atoms with Crippen LogP contribution >= 0.6 is 42.6 Å². The van der Waals surface area contributed by atoms with E-state index in [9.17, 15) is 9.90 Å². The summed E-state index contributed by atoms with van der Waals surface area (Å²) in [7, 11) is -4.76. The molecule has 22 nitrogen and oxygen atoms in total. The highest BCUT2D eigenvalue weighted by Crippen LogP contribution is 2.55. The van der Waals surface area contributed by atoms with E-state index in [0.29, 0.717) is 30.4 Å². The Bertz CT molecular complexity index is 3680. The van der Waals surface area contributed by atoms with Gasteiger partial charge >= 0.3 is 25.9 Å². The molecule has 3 N–H and O–H groups in total. The van der Waals surface area contributed by atoms with E-state index in [-0.39, 0.29) is 72.1 Å². The van der Waals surface area contributed by atoms with Crippen LogP contribution in [0.15, 0.2) is 158 Å². The minimum atomic E-state index is -4.76. The number of phosphoric acid groups is 1. The smallest absolute Gasteiger partial charge is 0.457 e. The second kappa shape index (κ2) is 59.2. The highest BCUT2D eigenvalue weighted by Gasteiger charge is 2.56. The monoisotopic (exact) mass is 1780 g/mol. The summed E-state index contributed by atoms with van der Waals surface area (Å²) in [6.45, 7) is 8.79. The van der Waals surface area contributed by atoms with Gasteiger partial charge in [-0.2, -0.15) is 0 Å². The highest BCUT2D eigenvalue weighted by atomic mass is 35.6. The number of fused-ring (bicyclic) bond motifs is 1. The number of nitrogens with one attached hydrogen (secondary N) is 2. The van der Waals surface area contributed by atoms with Crippen LogP contribution in [0.25, 0.3) is 0 Å². The van der Waals surface area contributed by atoms with Gasteiger partial charge in [0.25, 0.3) is 0 Å². The third-order valence-electron chi connectivity index (χ3n) is 22.2. The van der Waals surface area contributed by atoms with Crippen LogP contribution in [-0.2, 0) is 124 Å². The summed E-state index contributed by atoms with van der Waals surface area (Å²) in [6, 6.07) is 42.4. The minimum absolute atomic E-state index is 0.0134. The van der Waals surface area contributed by atoms with Crippen molar-refractivity contribution in [3.63, 3.8) is 0 Å². The number of carbonyl (C=O) groups is 4. The van der Waals surface area contributed by atoms with Crippen LogP contribution in [0.1, 0.15) is 266 Å². The number of alkyl halides is 3. The summed E-state index contributed by atoms with van der Waals surface area (Å²) in [5.41, 5.74) is 4.84. The van der Waals surface area contributed by atoms with E-state index in [1.165, 1.54) is 83.1 Å². The van der Waals surface area contributed by atoms with Crippen molar-refractivity contribution in [3.05, 3.63) is 192 Å². The van der Waals surface area contributed by atoms with E-state index >= 15 is 18.9 Å². The van der Waals surface area contributed by atoms with Gasteiger partial charge < -0.3 is 67.8 Å². The molecule has 5 aromatic rings. The molecular weight excluding hydrogens is 1640 g/mol. The van der Waals surface area contributed by atoms with Gasteiger partial charge in [-0.25, -0.2) is 9.36 Å². The van der Waals surface area contributed by atoms with E-state index in [4.69, 9.17) is 100 Å². The molecule has 5 aromatic carbocycles. The lowest BCUT2D eigenvalue weighted by atomic mass is 9.95. The normalized spacial score (nSPS) is 21.0. The molecule has 0 spiro atoms. The van der Waals surface area contributed by atoms with Crippen molar-refractivity contribution < 1.29 is 94.5 Å². The van der Waals surface area contributed by atoms with Gasteiger partial charge in [0, 0.05) is 0 Å². The van der Waals surface area contributed by atoms with Crippen molar-refractivity contribution in [3.8, 4) is 0 Å².